The number of hydrogen-bond donors (Lipinski definition) is 3. The SMILES string of the molecule is CCNC(=NCC(=O)Nc1cccc(F)c1)NCC1CCCOC1c1ccc(C)cc1. The van der Waals surface area contributed by atoms with Gasteiger partial charge in [0, 0.05) is 31.3 Å². The first-order chi connectivity index (χ1) is 15.0. The number of aliphatic imine (C=N–C) groups is 1. The number of nitrogens with one attached hydrogen (secondary N) is 3. The summed E-state index contributed by atoms with van der Waals surface area (Å²) in [6.45, 7) is 6.13. The summed E-state index contributed by atoms with van der Waals surface area (Å²) in [4.78, 5) is 16.6. The number of carbonyl (C=O) groups is 1. The Labute approximate surface area is 183 Å². The van der Waals surface area contributed by atoms with Gasteiger partial charge in [0.05, 0.1) is 6.10 Å². The van der Waals surface area contributed by atoms with E-state index in [1.165, 1.54) is 23.3 Å². The van der Waals surface area contributed by atoms with E-state index in [0.29, 0.717) is 30.7 Å². The van der Waals surface area contributed by atoms with Crippen LogP contribution in [0.5, 0.6) is 0 Å². The Balaban J connectivity index is 1.57. The Hall–Kier alpha value is -2.93. The third-order valence-corrected chi connectivity index (χ3v) is 5.22. The van der Waals surface area contributed by atoms with Crippen LogP contribution >= 0.6 is 0 Å². The second-order valence-corrected chi connectivity index (χ2v) is 7.74. The molecule has 0 saturated carbocycles. The average molecular weight is 427 g/mol. The number of nitrogens with zero attached hydrogens (tertiary/aromatic N) is 1. The van der Waals surface area contributed by atoms with Crippen molar-refractivity contribution in [2.24, 2.45) is 10.9 Å². The highest BCUT2D eigenvalue weighted by atomic mass is 19.1. The van der Waals surface area contributed by atoms with Gasteiger partial charge < -0.3 is 20.7 Å². The van der Waals surface area contributed by atoms with Gasteiger partial charge in [-0.15, -0.1) is 0 Å². The molecule has 0 bridgehead atoms. The average Bonchev–Trinajstić information content (AvgIpc) is 2.76. The maximum atomic E-state index is 13.3. The molecule has 6 nitrogen and oxygen atoms in total. The summed E-state index contributed by atoms with van der Waals surface area (Å²) in [5.74, 6) is 0.182. The molecule has 3 rings (SSSR count). The fourth-order valence-electron chi connectivity index (χ4n) is 3.66. The van der Waals surface area contributed by atoms with Gasteiger partial charge in [-0.1, -0.05) is 35.9 Å². The summed E-state index contributed by atoms with van der Waals surface area (Å²) in [5.41, 5.74) is 2.83. The molecule has 0 radical (unpaired) electrons. The van der Waals surface area contributed by atoms with Gasteiger partial charge in [-0.3, -0.25) is 4.79 Å². The zero-order chi connectivity index (χ0) is 22.1. The summed E-state index contributed by atoms with van der Waals surface area (Å²) in [6.07, 6.45) is 2.13. The second-order valence-electron chi connectivity index (χ2n) is 7.74. The van der Waals surface area contributed by atoms with E-state index in [1.54, 1.807) is 12.1 Å². The van der Waals surface area contributed by atoms with E-state index in [1.807, 2.05) is 6.92 Å². The zero-order valence-electron chi connectivity index (χ0n) is 18.2. The number of ether oxygens (including phenoxy) is 1. The van der Waals surface area contributed by atoms with Crippen LogP contribution in [0.3, 0.4) is 0 Å². The molecule has 7 heteroatoms. The lowest BCUT2D eigenvalue weighted by atomic mass is 9.89. The Morgan fingerprint density at radius 1 is 1.19 bits per heavy atom. The van der Waals surface area contributed by atoms with Crippen molar-refractivity contribution in [3.63, 3.8) is 0 Å². The first kappa shape index (κ1) is 22.7. The summed E-state index contributed by atoms with van der Waals surface area (Å²) in [5, 5.41) is 9.18. The molecule has 2 aromatic carbocycles. The van der Waals surface area contributed by atoms with Crippen molar-refractivity contribution in [2.75, 3.05) is 31.6 Å². The highest BCUT2D eigenvalue weighted by Crippen LogP contribution is 2.33. The van der Waals surface area contributed by atoms with Crippen LogP contribution in [0.25, 0.3) is 0 Å². The molecule has 0 aromatic heterocycles. The molecule has 166 valence electrons. The van der Waals surface area contributed by atoms with Crippen molar-refractivity contribution in [3.8, 4) is 0 Å². The number of carbonyl (C=O) groups excluding carboxylic acids is 1. The van der Waals surface area contributed by atoms with Gasteiger partial charge in [0.2, 0.25) is 5.91 Å². The third kappa shape index (κ3) is 7.07. The molecule has 2 atom stereocenters. The lowest BCUT2D eigenvalue weighted by molar-refractivity contribution is -0.114. The molecule has 1 aliphatic heterocycles. The molecule has 0 spiro atoms. The Bertz CT molecular complexity index is 885. The number of guanidine groups is 1. The third-order valence-electron chi connectivity index (χ3n) is 5.22. The van der Waals surface area contributed by atoms with Crippen molar-refractivity contribution in [1.29, 1.82) is 0 Å². The summed E-state index contributed by atoms with van der Waals surface area (Å²) in [6, 6.07) is 14.3. The minimum Gasteiger partial charge on any atom is -0.373 e. The van der Waals surface area contributed by atoms with Crippen molar-refractivity contribution >= 4 is 17.6 Å². The minimum atomic E-state index is -0.394. The van der Waals surface area contributed by atoms with Gasteiger partial charge in [-0.25, -0.2) is 9.38 Å². The van der Waals surface area contributed by atoms with E-state index in [9.17, 15) is 9.18 Å². The Morgan fingerprint density at radius 2 is 2.00 bits per heavy atom. The lowest BCUT2D eigenvalue weighted by Gasteiger charge is -2.32. The fraction of sp³-hybridized carbons (Fsp3) is 0.417. The summed E-state index contributed by atoms with van der Waals surface area (Å²) < 4.78 is 19.4. The molecule has 1 saturated heterocycles. The van der Waals surface area contributed by atoms with Gasteiger partial charge in [0.15, 0.2) is 5.96 Å². The topological polar surface area (TPSA) is 74.8 Å². The predicted octanol–water partition coefficient (Wildman–Crippen LogP) is 3.80. The van der Waals surface area contributed by atoms with E-state index in [-0.39, 0.29) is 18.6 Å². The molecular formula is C24H31FN4O2. The number of anilines is 1. The second kappa shape index (κ2) is 11.5. The molecule has 1 amide bonds. The van der Waals surface area contributed by atoms with Crippen molar-refractivity contribution in [1.82, 2.24) is 10.6 Å². The van der Waals surface area contributed by atoms with E-state index in [0.717, 1.165) is 19.4 Å². The van der Waals surface area contributed by atoms with Crippen molar-refractivity contribution < 1.29 is 13.9 Å². The fourth-order valence-corrected chi connectivity index (χ4v) is 3.66. The quantitative estimate of drug-likeness (QED) is 0.465. The van der Waals surface area contributed by atoms with Crippen LogP contribution in [-0.2, 0) is 9.53 Å². The number of amides is 1. The number of benzene rings is 2. The first-order valence-electron chi connectivity index (χ1n) is 10.8. The smallest absolute Gasteiger partial charge is 0.246 e. The molecular weight excluding hydrogens is 395 g/mol. The van der Waals surface area contributed by atoms with Crippen LogP contribution < -0.4 is 16.0 Å². The number of rotatable bonds is 7. The van der Waals surface area contributed by atoms with E-state index in [2.05, 4.69) is 52.1 Å². The molecule has 1 aliphatic rings. The highest BCUT2D eigenvalue weighted by Gasteiger charge is 2.27. The largest absolute Gasteiger partial charge is 0.373 e. The molecule has 2 unspecified atom stereocenters. The van der Waals surface area contributed by atoms with Crippen molar-refractivity contribution in [2.45, 2.75) is 32.8 Å². The monoisotopic (exact) mass is 426 g/mol. The molecule has 1 fully saturated rings. The Kier molecular flexibility index (Phi) is 8.41. The predicted molar refractivity (Wildman–Crippen MR) is 122 cm³/mol. The van der Waals surface area contributed by atoms with Crippen LogP contribution in [0.15, 0.2) is 53.5 Å². The van der Waals surface area contributed by atoms with Crippen molar-refractivity contribution in [3.05, 3.63) is 65.5 Å². The summed E-state index contributed by atoms with van der Waals surface area (Å²) in [7, 11) is 0. The van der Waals surface area contributed by atoms with Gasteiger partial charge in [0.1, 0.15) is 12.4 Å². The number of halogens is 1. The van der Waals surface area contributed by atoms with E-state index >= 15 is 0 Å². The normalized spacial score (nSPS) is 19.0. The van der Waals surface area contributed by atoms with Gasteiger partial charge in [0.25, 0.3) is 0 Å². The number of aryl methyl sites for hydroxylation is 1. The summed E-state index contributed by atoms with van der Waals surface area (Å²) >= 11 is 0. The molecule has 1 heterocycles. The van der Waals surface area contributed by atoms with Gasteiger partial charge in [-0.2, -0.15) is 0 Å². The lowest BCUT2D eigenvalue weighted by Crippen LogP contribution is -2.42. The highest BCUT2D eigenvalue weighted by molar-refractivity contribution is 5.94. The van der Waals surface area contributed by atoms with Gasteiger partial charge >= 0.3 is 0 Å². The van der Waals surface area contributed by atoms with E-state index < -0.39 is 5.82 Å². The molecule has 31 heavy (non-hydrogen) atoms. The Morgan fingerprint density at radius 3 is 2.74 bits per heavy atom. The maximum Gasteiger partial charge on any atom is 0.246 e. The molecule has 3 N–H and O–H groups in total. The molecule has 2 aromatic rings. The van der Waals surface area contributed by atoms with Gasteiger partial charge in [-0.05, 0) is 50.5 Å². The van der Waals surface area contributed by atoms with Crippen LogP contribution in [-0.4, -0.2) is 38.1 Å². The first-order valence-corrected chi connectivity index (χ1v) is 10.8. The standard InChI is InChI=1S/C24H31FN4O2/c1-3-26-24(28-16-22(30)29-21-8-4-7-20(25)14-21)27-15-19-6-5-13-31-23(19)18-11-9-17(2)10-12-18/h4,7-12,14,19,23H,3,5-6,13,15-16H2,1-2H3,(H,29,30)(H2,26,27,28). The molecule has 0 aliphatic carbocycles. The maximum absolute atomic E-state index is 13.3. The number of hydrogen-bond acceptors (Lipinski definition) is 3. The van der Waals surface area contributed by atoms with Crippen LogP contribution in [0.2, 0.25) is 0 Å². The minimum absolute atomic E-state index is 0.0426. The van der Waals surface area contributed by atoms with Crippen LogP contribution in [0, 0.1) is 18.7 Å². The van der Waals surface area contributed by atoms with Crippen LogP contribution in [0.4, 0.5) is 10.1 Å². The van der Waals surface area contributed by atoms with Crippen LogP contribution in [0.1, 0.15) is 37.0 Å². The van der Waals surface area contributed by atoms with E-state index in [4.69, 9.17) is 4.74 Å². The zero-order valence-corrected chi connectivity index (χ0v) is 18.2.